The summed E-state index contributed by atoms with van der Waals surface area (Å²) in [6.45, 7) is 6.98. The quantitative estimate of drug-likeness (QED) is 0.715. The summed E-state index contributed by atoms with van der Waals surface area (Å²) < 4.78 is 5.40. The lowest BCUT2D eigenvalue weighted by atomic mass is 10.1. The Balaban J connectivity index is 1.55. The second-order valence-electron chi connectivity index (χ2n) is 6.76. The number of nitrogen functional groups attached to an aromatic ring is 1. The molecule has 1 aliphatic heterocycles. The summed E-state index contributed by atoms with van der Waals surface area (Å²) in [5, 5.41) is 3.39. The summed E-state index contributed by atoms with van der Waals surface area (Å²) in [4.78, 5) is 19.7. The SMILES string of the molecule is Cc1cnc(N2CCOCC2)nc1Nc1ccc(-c2nc(N)ncc2C)cc1. The molecule has 0 aliphatic carbocycles. The van der Waals surface area contributed by atoms with Crippen molar-refractivity contribution in [1.29, 1.82) is 0 Å². The second kappa shape index (κ2) is 7.77. The Morgan fingerprint density at radius 2 is 1.68 bits per heavy atom. The molecular weight excluding hydrogens is 354 g/mol. The van der Waals surface area contributed by atoms with Crippen molar-refractivity contribution < 1.29 is 4.74 Å². The molecule has 4 rings (SSSR count). The van der Waals surface area contributed by atoms with Crippen LogP contribution in [0.5, 0.6) is 0 Å². The molecule has 144 valence electrons. The van der Waals surface area contributed by atoms with E-state index < -0.39 is 0 Å². The number of ether oxygens (including phenoxy) is 1. The summed E-state index contributed by atoms with van der Waals surface area (Å²) in [5.74, 6) is 1.79. The zero-order valence-corrected chi connectivity index (χ0v) is 16.0. The van der Waals surface area contributed by atoms with Crippen molar-refractivity contribution in [2.75, 3.05) is 42.3 Å². The number of nitrogens with zero attached hydrogens (tertiary/aromatic N) is 5. The van der Waals surface area contributed by atoms with E-state index in [1.54, 1.807) is 6.20 Å². The van der Waals surface area contributed by atoms with Crippen molar-refractivity contribution in [1.82, 2.24) is 19.9 Å². The largest absolute Gasteiger partial charge is 0.378 e. The van der Waals surface area contributed by atoms with Gasteiger partial charge in [0.15, 0.2) is 0 Å². The van der Waals surface area contributed by atoms with Gasteiger partial charge in [0.05, 0.1) is 18.9 Å². The van der Waals surface area contributed by atoms with Gasteiger partial charge in [-0.1, -0.05) is 12.1 Å². The average molecular weight is 377 g/mol. The first-order valence-electron chi connectivity index (χ1n) is 9.23. The van der Waals surface area contributed by atoms with Crippen molar-refractivity contribution in [3.05, 3.63) is 47.8 Å². The van der Waals surface area contributed by atoms with E-state index in [-0.39, 0.29) is 5.95 Å². The molecule has 1 aliphatic rings. The highest BCUT2D eigenvalue weighted by Gasteiger charge is 2.15. The van der Waals surface area contributed by atoms with Gasteiger partial charge in [0, 0.05) is 42.3 Å². The molecule has 0 spiro atoms. The van der Waals surface area contributed by atoms with Crippen LogP contribution in [0.3, 0.4) is 0 Å². The third-order valence-corrected chi connectivity index (χ3v) is 4.66. The van der Waals surface area contributed by atoms with E-state index in [9.17, 15) is 0 Å². The number of aromatic nitrogens is 4. The van der Waals surface area contributed by atoms with E-state index in [4.69, 9.17) is 15.5 Å². The molecule has 8 nitrogen and oxygen atoms in total. The fourth-order valence-electron chi connectivity index (χ4n) is 3.07. The minimum absolute atomic E-state index is 0.273. The molecule has 1 saturated heterocycles. The summed E-state index contributed by atoms with van der Waals surface area (Å²) in [6, 6.07) is 8.03. The van der Waals surface area contributed by atoms with Crippen LogP contribution in [-0.2, 0) is 4.74 Å². The van der Waals surface area contributed by atoms with Crippen LogP contribution in [0, 0.1) is 13.8 Å². The molecule has 3 aromatic rings. The number of hydrogen-bond donors (Lipinski definition) is 2. The number of nitrogens with two attached hydrogens (primary N) is 1. The zero-order valence-electron chi connectivity index (χ0n) is 16.0. The van der Waals surface area contributed by atoms with Gasteiger partial charge in [0.1, 0.15) is 5.82 Å². The molecule has 3 heterocycles. The van der Waals surface area contributed by atoms with E-state index >= 15 is 0 Å². The highest BCUT2D eigenvalue weighted by molar-refractivity contribution is 5.68. The zero-order chi connectivity index (χ0) is 19.5. The number of rotatable bonds is 4. The smallest absolute Gasteiger partial charge is 0.227 e. The molecule has 3 N–H and O–H groups in total. The standard InChI is InChI=1S/C20H23N7O/c1-13-11-22-19(21)25-17(13)15-3-5-16(6-4-15)24-18-14(2)12-23-20(26-18)27-7-9-28-10-8-27/h3-6,11-12H,7-10H2,1-2H3,(H2,21,22,25)(H,23,24,26). The van der Waals surface area contributed by atoms with Gasteiger partial charge in [-0.15, -0.1) is 0 Å². The first kappa shape index (κ1) is 18.1. The van der Waals surface area contributed by atoms with Crippen LogP contribution in [0.2, 0.25) is 0 Å². The van der Waals surface area contributed by atoms with Crippen molar-refractivity contribution in [3.8, 4) is 11.3 Å². The molecule has 0 saturated carbocycles. The van der Waals surface area contributed by atoms with Gasteiger partial charge in [0.2, 0.25) is 11.9 Å². The normalized spacial score (nSPS) is 14.1. The van der Waals surface area contributed by atoms with Crippen LogP contribution < -0.4 is 16.0 Å². The summed E-state index contributed by atoms with van der Waals surface area (Å²) in [5.41, 5.74) is 10.5. The van der Waals surface area contributed by atoms with Crippen LogP contribution in [0.15, 0.2) is 36.7 Å². The Kier molecular flexibility index (Phi) is 5.03. The van der Waals surface area contributed by atoms with E-state index in [1.165, 1.54) is 0 Å². The maximum Gasteiger partial charge on any atom is 0.227 e. The van der Waals surface area contributed by atoms with Gasteiger partial charge in [-0.3, -0.25) is 0 Å². The highest BCUT2D eigenvalue weighted by atomic mass is 16.5. The topological polar surface area (TPSA) is 102 Å². The Hall–Kier alpha value is -3.26. The number of nitrogens with one attached hydrogen (secondary N) is 1. The Morgan fingerprint density at radius 1 is 0.964 bits per heavy atom. The lowest BCUT2D eigenvalue weighted by molar-refractivity contribution is 0.122. The molecule has 2 aromatic heterocycles. The predicted octanol–water partition coefficient (Wildman–Crippen LogP) is 2.71. The third kappa shape index (κ3) is 3.86. The third-order valence-electron chi connectivity index (χ3n) is 4.66. The molecule has 0 amide bonds. The fourth-order valence-corrected chi connectivity index (χ4v) is 3.07. The molecule has 8 heteroatoms. The van der Waals surface area contributed by atoms with E-state index in [1.807, 2.05) is 44.3 Å². The molecule has 1 aromatic carbocycles. The van der Waals surface area contributed by atoms with Crippen molar-refractivity contribution in [2.24, 2.45) is 0 Å². The predicted molar refractivity (Wildman–Crippen MR) is 110 cm³/mol. The van der Waals surface area contributed by atoms with Crippen LogP contribution in [0.1, 0.15) is 11.1 Å². The van der Waals surface area contributed by atoms with Gasteiger partial charge in [-0.2, -0.15) is 4.98 Å². The average Bonchev–Trinajstić information content (AvgIpc) is 2.73. The molecule has 0 unspecified atom stereocenters. The second-order valence-corrected chi connectivity index (χ2v) is 6.76. The Labute approximate surface area is 163 Å². The first-order chi connectivity index (χ1) is 13.6. The van der Waals surface area contributed by atoms with E-state index in [2.05, 4.69) is 25.2 Å². The van der Waals surface area contributed by atoms with Crippen LogP contribution >= 0.6 is 0 Å². The number of morpholine rings is 1. The van der Waals surface area contributed by atoms with E-state index in [0.29, 0.717) is 13.2 Å². The van der Waals surface area contributed by atoms with Gasteiger partial charge in [-0.25, -0.2) is 15.0 Å². The number of anilines is 4. The maximum absolute atomic E-state index is 5.73. The Bertz CT molecular complexity index is 969. The van der Waals surface area contributed by atoms with E-state index in [0.717, 1.165) is 52.9 Å². The minimum atomic E-state index is 0.273. The first-order valence-corrected chi connectivity index (χ1v) is 9.23. The number of benzene rings is 1. The summed E-state index contributed by atoms with van der Waals surface area (Å²) in [7, 11) is 0. The molecule has 0 atom stereocenters. The van der Waals surface area contributed by atoms with Gasteiger partial charge < -0.3 is 20.7 Å². The van der Waals surface area contributed by atoms with Crippen molar-refractivity contribution in [3.63, 3.8) is 0 Å². The fraction of sp³-hybridized carbons (Fsp3) is 0.300. The van der Waals surface area contributed by atoms with Gasteiger partial charge in [0.25, 0.3) is 0 Å². The molecular formula is C20H23N7O. The molecule has 28 heavy (non-hydrogen) atoms. The van der Waals surface area contributed by atoms with Crippen LogP contribution in [0.4, 0.5) is 23.4 Å². The number of hydrogen-bond acceptors (Lipinski definition) is 8. The summed E-state index contributed by atoms with van der Waals surface area (Å²) in [6.07, 6.45) is 3.59. The summed E-state index contributed by atoms with van der Waals surface area (Å²) >= 11 is 0. The van der Waals surface area contributed by atoms with Gasteiger partial charge in [-0.05, 0) is 31.5 Å². The Morgan fingerprint density at radius 3 is 2.43 bits per heavy atom. The lowest BCUT2D eigenvalue weighted by Gasteiger charge is -2.27. The van der Waals surface area contributed by atoms with Crippen LogP contribution in [0.25, 0.3) is 11.3 Å². The molecule has 0 bridgehead atoms. The highest BCUT2D eigenvalue weighted by Crippen LogP contribution is 2.25. The molecule has 1 fully saturated rings. The molecule has 0 radical (unpaired) electrons. The van der Waals surface area contributed by atoms with Crippen molar-refractivity contribution in [2.45, 2.75) is 13.8 Å². The lowest BCUT2D eigenvalue weighted by Crippen LogP contribution is -2.37. The van der Waals surface area contributed by atoms with Gasteiger partial charge >= 0.3 is 0 Å². The monoisotopic (exact) mass is 377 g/mol. The maximum atomic E-state index is 5.73. The number of aryl methyl sites for hydroxylation is 2. The van der Waals surface area contributed by atoms with Crippen molar-refractivity contribution >= 4 is 23.4 Å². The van der Waals surface area contributed by atoms with Crippen LogP contribution in [-0.4, -0.2) is 46.2 Å². The minimum Gasteiger partial charge on any atom is -0.378 e.